The van der Waals surface area contributed by atoms with E-state index in [0.717, 1.165) is 6.42 Å². The van der Waals surface area contributed by atoms with Crippen LogP contribution >= 0.6 is 0 Å². The SMILES string of the molecule is CCCC(N)(N)C(N)N. The summed E-state index contributed by atoms with van der Waals surface area (Å²) in [7, 11) is 0. The largest absolute Gasteiger partial charge is 0.313 e. The molecule has 4 heteroatoms. The fourth-order valence-electron chi connectivity index (χ4n) is 0.600. The average Bonchev–Trinajstić information content (AvgIpc) is 1.65. The second kappa shape index (κ2) is 3.12. The molecule has 0 atom stereocenters. The van der Waals surface area contributed by atoms with Gasteiger partial charge in [-0.1, -0.05) is 13.3 Å². The second-order valence-electron chi connectivity index (χ2n) is 2.39. The van der Waals surface area contributed by atoms with Crippen molar-refractivity contribution in [1.29, 1.82) is 0 Å². The molecule has 0 fully saturated rings. The molecule has 0 aliphatic rings. The Kier molecular flexibility index (Phi) is 3.07. The van der Waals surface area contributed by atoms with E-state index >= 15 is 0 Å². The van der Waals surface area contributed by atoms with Crippen LogP contribution in [0.2, 0.25) is 0 Å². The van der Waals surface area contributed by atoms with Crippen LogP contribution in [0.1, 0.15) is 19.8 Å². The summed E-state index contributed by atoms with van der Waals surface area (Å²) in [5, 5.41) is 0. The Morgan fingerprint density at radius 1 is 1.33 bits per heavy atom. The molecule has 0 radical (unpaired) electrons. The first-order valence-corrected chi connectivity index (χ1v) is 3.09. The molecule has 0 saturated carbocycles. The first kappa shape index (κ1) is 8.84. The maximum Gasteiger partial charge on any atom is 0.0925 e. The molecule has 0 rings (SSSR count). The van der Waals surface area contributed by atoms with Gasteiger partial charge in [-0.25, -0.2) is 0 Å². The third-order valence-corrected chi connectivity index (χ3v) is 1.30. The number of hydrogen-bond donors (Lipinski definition) is 4. The van der Waals surface area contributed by atoms with E-state index in [2.05, 4.69) is 0 Å². The van der Waals surface area contributed by atoms with Crippen molar-refractivity contribution < 1.29 is 0 Å². The van der Waals surface area contributed by atoms with Crippen molar-refractivity contribution in [1.82, 2.24) is 0 Å². The number of hydrogen-bond acceptors (Lipinski definition) is 4. The quantitative estimate of drug-likeness (QED) is 0.356. The number of rotatable bonds is 3. The summed E-state index contributed by atoms with van der Waals surface area (Å²) >= 11 is 0. The van der Waals surface area contributed by atoms with E-state index in [0.29, 0.717) is 6.42 Å². The van der Waals surface area contributed by atoms with Gasteiger partial charge in [0.25, 0.3) is 0 Å². The van der Waals surface area contributed by atoms with Crippen molar-refractivity contribution in [2.45, 2.75) is 31.6 Å². The van der Waals surface area contributed by atoms with Crippen LogP contribution in [-0.2, 0) is 0 Å². The second-order valence-corrected chi connectivity index (χ2v) is 2.39. The summed E-state index contributed by atoms with van der Waals surface area (Å²) in [6, 6.07) is 0. The zero-order chi connectivity index (χ0) is 7.49. The molecule has 0 amide bonds. The van der Waals surface area contributed by atoms with Gasteiger partial charge in [-0.3, -0.25) is 0 Å². The van der Waals surface area contributed by atoms with E-state index in [1.807, 2.05) is 6.92 Å². The normalized spacial score (nSPS) is 12.7. The highest BCUT2D eigenvalue weighted by molar-refractivity contribution is 4.83. The van der Waals surface area contributed by atoms with Gasteiger partial charge in [0, 0.05) is 0 Å². The van der Waals surface area contributed by atoms with E-state index in [4.69, 9.17) is 22.9 Å². The smallest absolute Gasteiger partial charge is 0.0925 e. The summed E-state index contributed by atoms with van der Waals surface area (Å²) in [5.74, 6) is 0. The molecule has 0 saturated heterocycles. The van der Waals surface area contributed by atoms with Gasteiger partial charge in [0.15, 0.2) is 0 Å². The Labute approximate surface area is 55.6 Å². The zero-order valence-corrected chi connectivity index (χ0v) is 5.80. The Bertz CT molecular complexity index is 79.0. The summed E-state index contributed by atoms with van der Waals surface area (Å²) < 4.78 is 0. The van der Waals surface area contributed by atoms with Gasteiger partial charge in [-0.05, 0) is 6.42 Å². The molecule has 0 heterocycles. The highest BCUT2D eigenvalue weighted by Crippen LogP contribution is 2.01. The lowest BCUT2D eigenvalue weighted by atomic mass is 10.0. The van der Waals surface area contributed by atoms with Gasteiger partial charge >= 0.3 is 0 Å². The fourth-order valence-corrected chi connectivity index (χ4v) is 0.600. The van der Waals surface area contributed by atoms with Crippen LogP contribution in [0.3, 0.4) is 0 Å². The van der Waals surface area contributed by atoms with E-state index in [-0.39, 0.29) is 0 Å². The predicted octanol–water partition coefficient (Wildman–Crippen LogP) is -1.36. The minimum Gasteiger partial charge on any atom is -0.313 e. The van der Waals surface area contributed by atoms with Crippen molar-refractivity contribution >= 4 is 0 Å². The molecule has 0 spiro atoms. The maximum atomic E-state index is 5.50. The van der Waals surface area contributed by atoms with E-state index in [1.165, 1.54) is 0 Å². The monoisotopic (exact) mass is 132 g/mol. The molecule has 4 nitrogen and oxygen atoms in total. The van der Waals surface area contributed by atoms with Crippen LogP contribution in [0, 0.1) is 0 Å². The molecular formula is C5H16N4. The third kappa shape index (κ3) is 2.76. The molecule has 0 unspecified atom stereocenters. The van der Waals surface area contributed by atoms with Crippen LogP contribution in [-0.4, -0.2) is 11.8 Å². The van der Waals surface area contributed by atoms with Gasteiger partial charge in [0.1, 0.15) is 0 Å². The lowest BCUT2D eigenvalue weighted by molar-refractivity contribution is 0.333. The van der Waals surface area contributed by atoms with Crippen molar-refractivity contribution in [2.24, 2.45) is 22.9 Å². The molecule has 8 N–H and O–H groups in total. The molecular weight excluding hydrogens is 116 g/mol. The first-order chi connectivity index (χ1) is 4.00. The molecule has 0 aromatic heterocycles. The molecule has 9 heavy (non-hydrogen) atoms. The average molecular weight is 132 g/mol. The highest BCUT2D eigenvalue weighted by Gasteiger charge is 2.22. The molecule has 0 bridgehead atoms. The van der Waals surface area contributed by atoms with Crippen molar-refractivity contribution in [3.8, 4) is 0 Å². The molecule has 0 aliphatic carbocycles. The van der Waals surface area contributed by atoms with Gasteiger partial charge in [-0.2, -0.15) is 0 Å². The Balaban J connectivity index is 3.70. The maximum absolute atomic E-state index is 5.50. The van der Waals surface area contributed by atoms with Gasteiger partial charge < -0.3 is 22.9 Å². The van der Waals surface area contributed by atoms with Crippen LogP contribution < -0.4 is 22.9 Å². The lowest BCUT2D eigenvalue weighted by Crippen LogP contribution is -2.66. The highest BCUT2D eigenvalue weighted by atomic mass is 15.1. The minimum atomic E-state index is -0.894. The predicted molar refractivity (Wildman–Crippen MR) is 38.2 cm³/mol. The standard InChI is InChI=1S/C5H16N4/c1-2-3-5(8,9)4(6)7/h4H,2-3,6-9H2,1H3. The summed E-state index contributed by atoms with van der Waals surface area (Å²) in [6.07, 6.45) is 0.931. The zero-order valence-electron chi connectivity index (χ0n) is 5.80. The summed E-state index contributed by atoms with van der Waals surface area (Å²) in [5.41, 5.74) is 20.7. The Hall–Kier alpha value is -0.160. The van der Waals surface area contributed by atoms with Crippen molar-refractivity contribution in [3.63, 3.8) is 0 Å². The summed E-state index contributed by atoms with van der Waals surface area (Å²) in [4.78, 5) is 0. The van der Waals surface area contributed by atoms with Crippen LogP contribution in [0.5, 0.6) is 0 Å². The molecule has 0 aliphatic heterocycles. The first-order valence-electron chi connectivity index (χ1n) is 3.09. The minimum absolute atomic E-state index is 0.627. The van der Waals surface area contributed by atoms with Gasteiger partial charge in [0.05, 0.1) is 11.8 Å². The van der Waals surface area contributed by atoms with E-state index in [9.17, 15) is 0 Å². The van der Waals surface area contributed by atoms with Crippen LogP contribution in [0.15, 0.2) is 0 Å². The lowest BCUT2D eigenvalue weighted by Gasteiger charge is -2.27. The third-order valence-electron chi connectivity index (χ3n) is 1.30. The fraction of sp³-hybridized carbons (Fsp3) is 1.00. The van der Waals surface area contributed by atoms with E-state index < -0.39 is 11.8 Å². The topological polar surface area (TPSA) is 104 Å². The summed E-state index contributed by atoms with van der Waals surface area (Å²) in [6.45, 7) is 1.98. The number of nitrogens with two attached hydrogens (primary N) is 4. The van der Waals surface area contributed by atoms with Crippen molar-refractivity contribution in [2.75, 3.05) is 0 Å². The van der Waals surface area contributed by atoms with Gasteiger partial charge in [-0.15, -0.1) is 0 Å². The molecule has 0 aromatic carbocycles. The molecule has 0 aromatic rings. The Morgan fingerprint density at radius 3 is 1.89 bits per heavy atom. The van der Waals surface area contributed by atoms with Crippen LogP contribution in [0.4, 0.5) is 0 Å². The Morgan fingerprint density at radius 2 is 1.78 bits per heavy atom. The van der Waals surface area contributed by atoms with Crippen molar-refractivity contribution in [3.05, 3.63) is 0 Å². The molecule has 56 valence electrons. The van der Waals surface area contributed by atoms with E-state index in [1.54, 1.807) is 0 Å². The van der Waals surface area contributed by atoms with Gasteiger partial charge in [0.2, 0.25) is 0 Å². The van der Waals surface area contributed by atoms with Crippen LogP contribution in [0.25, 0.3) is 0 Å².